The number of aromatic nitrogens is 2. The summed E-state index contributed by atoms with van der Waals surface area (Å²) in [4.78, 5) is 32.0. The summed E-state index contributed by atoms with van der Waals surface area (Å²) < 4.78 is 5.18. The zero-order valence-electron chi connectivity index (χ0n) is 14.9. The Bertz CT molecular complexity index is 1100. The highest BCUT2D eigenvalue weighted by Gasteiger charge is 2.15. The third-order valence-electron chi connectivity index (χ3n) is 4.20. The molecule has 0 saturated carbocycles. The third kappa shape index (κ3) is 3.91. The summed E-state index contributed by atoms with van der Waals surface area (Å²) in [6.45, 7) is 0.153. The van der Waals surface area contributed by atoms with E-state index < -0.39 is 6.09 Å². The number of anilines is 1. The van der Waals surface area contributed by atoms with Crippen LogP contribution in [-0.2, 0) is 11.3 Å². The van der Waals surface area contributed by atoms with E-state index in [9.17, 15) is 9.59 Å². The minimum atomic E-state index is -0.633. The Morgan fingerprint density at radius 3 is 2.54 bits per heavy atom. The highest BCUT2D eigenvalue weighted by molar-refractivity contribution is 6.09. The van der Waals surface area contributed by atoms with Gasteiger partial charge < -0.3 is 9.72 Å². The Balaban J connectivity index is 1.45. The van der Waals surface area contributed by atoms with Gasteiger partial charge in [-0.15, -0.1) is 0 Å². The smallest absolute Gasteiger partial charge is 0.413 e. The molecule has 1 amide bonds. The summed E-state index contributed by atoms with van der Waals surface area (Å²) >= 11 is 0. The van der Waals surface area contributed by atoms with Gasteiger partial charge in [0.2, 0.25) is 5.78 Å². The van der Waals surface area contributed by atoms with Crippen molar-refractivity contribution in [3.63, 3.8) is 0 Å². The molecule has 2 N–H and O–H groups in total. The van der Waals surface area contributed by atoms with E-state index in [1.54, 1.807) is 24.3 Å². The summed E-state index contributed by atoms with van der Waals surface area (Å²) in [6, 6.07) is 23.7. The molecule has 0 bridgehead atoms. The van der Waals surface area contributed by atoms with Crippen LogP contribution in [0.2, 0.25) is 0 Å². The van der Waals surface area contributed by atoms with Crippen LogP contribution in [0.4, 0.5) is 10.6 Å². The monoisotopic (exact) mass is 371 g/mol. The van der Waals surface area contributed by atoms with E-state index in [1.165, 1.54) is 0 Å². The van der Waals surface area contributed by atoms with Crippen LogP contribution < -0.4 is 5.32 Å². The van der Waals surface area contributed by atoms with E-state index in [4.69, 9.17) is 4.74 Å². The number of fused-ring (bicyclic) bond motifs is 1. The second kappa shape index (κ2) is 7.75. The first-order valence-electron chi connectivity index (χ1n) is 8.76. The van der Waals surface area contributed by atoms with Crippen LogP contribution in [-0.4, -0.2) is 21.8 Å². The van der Waals surface area contributed by atoms with Gasteiger partial charge in [0.15, 0.2) is 0 Å². The van der Waals surface area contributed by atoms with Gasteiger partial charge in [-0.2, -0.15) is 0 Å². The van der Waals surface area contributed by atoms with Gasteiger partial charge in [0, 0.05) is 10.9 Å². The normalized spacial score (nSPS) is 10.6. The highest BCUT2D eigenvalue weighted by Crippen LogP contribution is 2.17. The lowest BCUT2D eigenvalue weighted by Crippen LogP contribution is -2.15. The standard InChI is InChI=1S/C22H17N3O3/c26-21(19-13-16-9-4-5-10-17(16)23-19)18-11-6-12-20(24-18)25-22(27)28-14-15-7-2-1-3-8-15/h1-13,23H,14H2,(H,24,25,27). The summed E-state index contributed by atoms with van der Waals surface area (Å²) in [7, 11) is 0. The minimum Gasteiger partial charge on any atom is -0.444 e. The van der Waals surface area contributed by atoms with Crippen LogP contribution in [0.1, 0.15) is 21.7 Å². The number of carbonyl (C=O) groups excluding carboxylic acids is 2. The molecular weight excluding hydrogens is 354 g/mol. The maximum absolute atomic E-state index is 12.7. The van der Waals surface area contributed by atoms with Gasteiger partial charge in [0.1, 0.15) is 18.1 Å². The molecule has 138 valence electrons. The van der Waals surface area contributed by atoms with Gasteiger partial charge in [0.25, 0.3) is 0 Å². The maximum atomic E-state index is 12.7. The Kier molecular flexibility index (Phi) is 4.84. The van der Waals surface area contributed by atoms with Crippen LogP contribution in [0.15, 0.2) is 78.9 Å². The topological polar surface area (TPSA) is 84.1 Å². The average Bonchev–Trinajstić information content (AvgIpc) is 3.17. The Labute approximate surface area is 161 Å². The van der Waals surface area contributed by atoms with Crippen molar-refractivity contribution in [1.29, 1.82) is 0 Å². The summed E-state index contributed by atoms with van der Waals surface area (Å²) in [5.74, 6) is -0.00229. The molecule has 0 unspecified atom stereocenters. The molecule has 0 aliphatic carbocycles. The number of pyridine rings is 1. The average molecular weight is 371 g/mol. The summed E-state index contributed by atoms with van der Waals surface area (Å²) in [6.07, 6.45) is -0.633. The molecule has 28 heavy (non-hydrogen) atoms. The highest BCUT2D eigenvalue weighted by atomic mass is 16.5. The zero-order chi connectivity index (χ0) is 19.3. The number of benzene rings is 2. The summed E-state index contributed by atoms with van der Waals surface area (Å²) in [5, 5.41) is 3.50. The number of ether oxygens (including phenoxy) is 1. The lowest BCUT2D eigenvalue weighted by molar-refractivity contribution is 0.103. The summed E-state index contributed by atoms with van der Waals surface area (Å²) in [5.41, 5.74) is 2.43. The van der Waals surface area contributed by atoms with Crippen molar-refractivity contribution >= 4 is 28.6 Å². The van der Waals surface area contributed by atoms with E-state index in [2.05, 4.69) is 15.3 Å². The zero-order valence-corrected chi connectivity index (χ0v) is 14.9. The van der Waals surface area contributed by atoms with Crippen LogP contribution >= 0.6 is 0 Å². The van der Waals surface area contributed by atoms with Gasteiger partial charge in [-0.25, -0.2) is 9.78 Å². The van der Waals surface area contributed by atoms with Gasteiger partial charge in [-0.3, -0.25) is 10.1 Å². The number of hydrogen-bond donors (Lipinski definition) is 2. The molecule has 4 rings (SSSR count). The molecule has 0 fully saturated rings. The number of H-pyrrole nitrogens is 1. The van der Waals surface area contributed by atoms with Crippen molar-refractivity contribution < 1.29 is 14.3 Å². The molecule has 0 atom stereocenters. The molecular formula is C22H17N3O3. The van der Waals surface area contributed by atoms with E-state index >= 15 is 0 Å². The van der Waals surface area contributed by atoms with Crippen molar-refractivity contribution in [3.8, 4) is 0 Å². The van der Waals surface area contributed by atoms with E-state index in [-0.39, 0.29) is 23.9 Å². The lowest BCUT2D eigenvalue weighted by Gasteiger charge is -2.07. The molecule has 0 aliphatic heterocycles. The molecule has 0 saturated heterocycles. The van der Waals surface area contributed by atoms with Gasteiger partial charge in [-0.1, -0.05) is 54.6 Å². The molecule has 0 spiro atoms. The molecule has 2 aromatic carbocycles. The third-order valence-corrected chi connectivity index (χ3v) is 4.20. The fourth-order valence-electron chi connectivity index (χ4n) is 2.83. The van der Waals surface area contributed by atoms with Crippen LogP contribution in [0, 0.1) is 0 Å². The van der Waals surface area contributed by atoms with Crippen LogP contribution in [0.5, 0.6) is 0 Å². The van der Waals surface area contributed by atoms with Crippen molar-refractivity contribution in [2.45, 2.75) is 6.61 Å². The number of nitrogens with one attached hydrogen (secondary N) is 2. The molecule has 0 radical (unpaired) electrons. The first kappa shape index (κ1) is 17.5. The van der Waals surface area contributed by atoms with Gasteiger partial charge >= 0.3 is 6.09 Å². The van der Waals surface area contributed by atoms with E-state index in [0.717, 1.165) is 16.5 Å². The van der Waals surface area contributed by atoms with Gasteiger partial charge in [-0.05, 0) is 29.8 Å². The fourth-order valence-corrected chi connectivity index (χ4v) is 2.83. The number of aromatic amines is 1. The molecule has 6 nitrogen and oxygen atoms in total. The molecule has 6 heteroatoms. The quantitative estimate of drug-likeness (QED) is 0.504. The Morgan fingerprint density at radius 2 is 1.71 bits per heavy atom. The molecule has 2 heterocycles. The second-order valence-corrected chi connectivity index (χ2v) is 6.19. The van der Waals surface area contributed by atoms with Crippen molar-refractivity contribution in [1.82, 2.24) is 9.97 Å². The fraction of sp³-hybridized carbons (Fsp3) is 0.0455. The number of carbonyl (C=O) groups is 2. The molecule has 0 aliphatic rings. The first-order valence-corrected chi connectivity index (χ1v) is 8.76. The largest absolute Gasteiger partial charge is 0.444 e. The number of para-hydroxylation sites is 1. The van der Waals surface area contributed by atoms with Gasteiger partial charge in [0.05, 0.1) is 5.69 Å². The number of hydrogen-bond acceptors (Lipinski definition) is 4. The maximum Gasteiger partial charge on any atom is 0.413 e. The van der Waals surface area contributed by atoms with Crippen molar-refractivity contribution in [2.24, 2.45) is 0 Å². The Morgan fingerprint density at radius 1 is 0.929 bits per heavy atom. The second-order valence-electron chi connectivity index (χ2n) is 6.19. The predicted molar refractivity (Wildman–Crippen MR) is 106 cm³/mol. The predicted octanol–water partition coefficient (Wildman–Crippen LogP) is 4.54. The number of rotatable bonds is 5. The number of ketones is 1. The molecule has 2 aromatic heterocycles. The van der Waals surface area contributed by atoms with E-state index in [1.807, 2.05) is 54.6 Å². The minimum absolute atomic E-state index is 0.153. The lowest BCUT2D eigenvalue weighted by atomic mass is 10.2. The molecule has 4 aromatic rings. The Hall–Kier alpha value is -3.93. The first-order chi connectivity index (χ1) is 13.7. The van der Waals surface area contributed by atoms with Crippen molar-refractivity contribution in [2.75, 3.05) is 5.32 Å². The van der Waals surface area contributed by atoms with Crippen LogP contribution in [0.3, 0.4) is 0 Å². The number of amides is 1. The SMILES string of the molecule is O=C(Nc1cccc(C(=O)c2cc3ccccc3[nH]2)n1)OCc1ccccc1. The number of nitrogens with zero attached hydrogens (tertiary/aromatic N) is 1. The van der Waals surface area contributed by atoms with Crippen LogP contribution in [0.25, 0.3) is 10.9 Å². The van der Waals surface area contributed by atoms with Crippen molar-refractivity contribution in [3.05, 3.63) is 95.8 Å². The van der Waals surface area contributed by atoms with E-state index in [0.29, 0.717) is 5.69 Å².